The number of nitrogens with zero attached hydrogens (tertiary/aromatic N) is 1. The molecule has 118 valence electrons. The molecule has 0 saturated carbocycles. The van der Waals surface area contributed by atoms with Gasteiger partial charge in [0, 0.05) is 17.6 Å². The molecule has 2 nitrogen and oxygen atoms in total. The Bertz CT molecular complexity index is 985. The van der Waals surface area contributed by atoms with Crippen LogP contribution in [0.4, 0.5) is 0 Å². The first-order valence-corrected chi connectivity index (χ1v) is 8.15. The van der Waals surface area contributed by atoms with Gasteiger partial charge in [0.15, 0.2) is 0 Å². The van der Waals surface area contributed by atoms with E-state index in [0.29, 0.717) is 5.75 Å². The fourth-order valence-corrected chi connectivity index (χ4v) is 3.21. The van der Waals surface area contributed by atoms with Crippen LogP contribution in [0.3, 0.4) is 0 Å². The summed E-state index contributed by atoms with van der Waals surface area (Å²) in [7, 11) is 0. The van der Waals surface area contributed by atoms with Gasteiger partial charge in [-0.25, -0.2) is 0 Å². The first kappa shape index (κ1) is 14.6. The van der Waals surface area contributed by atoms with Gasteiger partial charge in [0.25, 0.3) is 0 Å². The van der Waals surface area contributed by atoms with E-state index in [0.717, 1.165) is 34.3 Å². The summed E-state index contributed by atoms with van der Waals surface area (Å²) in [5, 5.41) is 11.4. The van der Waals surface area contributed by atoms with Crippen LogP contribution in [-0.2, 0) is 6.54 Å². The highest BCUT2D eigenvalue weighted by molar-refractivity contribution is 5.92. The van der Waals surface area contributed by atoms with Crippen LogP contribution in [0.5, 0.6) is 5.75 Å². The predicted molar refractivity (Wildman–Crippen MR) is 99.3 cm³/mol. The zero-order valence-electron chi connectivity index (χ0n) is 13.6. The molecule has 0 aliphatic heterocycles. The topological polar surface area (TPSA) is 25.2 Å². The van der Waals surface area contributed by atoms with Crippen molar-refractivity contribution in [3.8, 4) is 17.0 Å². The minimum Gasteiger partial charge on any atom is -0.507 e. The van der Waals surface area contributed by atoms with Crippen LogP contribution < -0.4 is 0 Å². The van der Waals surface area contributed by atoms with Gasteiger partial charge in [-0.05, 0) is 35.7 Å². The zero-order valence-corrected chi connectivity index (χ0v) is 13.6. The molecule has 0 spiro atoms. The van der Waals surface area contributed by atoms with Crippen LogP contribution in [0.15, 0.2) is 78.9 Å². The number of hydrogen-bond acceptors (Lipinski definition) is 1. The summed E-state index contributed by atoms with van der Waals surface area (Å²) in [4.78, 5) is 0. The zero-order chi connectivity index (χ0) is 16.5. The van der Waals surface area contributed by atoms with E-state index in [1.807, 2.05) is 37.3 Å². The number of rotatable bonds is 3. The van der Waals surface area contributed by atoms with Gasteiger partial charge in [-0.15, -0.1) is 0 Å². The summed E-state index contributed by atoms with van der Waals surface area (Å²) in [6.45, 7) is 2.71. The molecule has 0 fully saturated rings. The van der Waals surface area contributed by atoms with Crippen LogP contribution in [0, 0.1) is 6.92 Å². The summed E-state index contributed by atoms with van der Waals surface area (Å²) in [6.07, 6.45) is 0. The molecule has 0 radical (unpaired) electrons. The molecule has 0 saturated heterocycles. The molecule has 0 amide bonds. The Morgan fingerprint density at radius 1 is 0.833 bits per heavy atom. The van der Waals surface area contributed by atoms with E-state index in [1.165, 1.54) is 5.56 Å². The van der Waals surface area contributed by atoms with Gasteiger partial charge in [0.2, 0.25) is 0 Å². The first-order valence-electron chi connectivity index (χ1n) is 8.15. The Balaban J connectivity index is 1.96. The number of benzene rings is 3. The number of aromatic hydroxyl groups is 1. The fraction of sp³-hybridized carbons (Fsp3) is 0.0909. The van der Waals surface area contributed by atoms with Crippen LogP contribution >= 0.6 is 0 Å². The predicted octanol–water partition coefficient (Wildman–Crippen LogP) is 5.37. The van der Waals surface area contributed by atoms with Crippen molar-refractivity contribution in [2.75, 3.05) is 0 Å². The van der Waals surface area contributed by atoms with E-state index in [1.54, 1.807) is 0 Å². The lowest BCUT2D eigenvalue weighted by molar-refractivity contribution is 0.477. The third kappa shape index (κ3) is 2.46. The monoisotopic (exact) mass is 313 g/mol. The van der Waals surface area contributed by atoms with Crippen molar-refractivity contribution in [2.24, 2.45) is 0 Å². The highest BCUT2D eigenvalue weighted by Crippen LogP contribution is 2.35. The summed E-state index contributed by atoms with van der Waals surface area (Å²) >= 11 is 0. The minimum absolute atomic E-state index is 0.372. The number of fused-ring (bicyclic) bond motifs is 1. The molecule has 4 rings (SSSR count). The van der Waals surface area contributed by atoms with Crippen molar-refractivity contribution >= 4 is 10.9 Å². The van der Waals surface area contributed by atoms with Crippen molar-refractivity contribution in [1.82, 2.24) is 4.57 Å². The van der Waals surface area contributed by atoms with Gasteiger partial charge >= 0.3 is 0 Å². The van der Waals surface area contributed by atoms with E-state index >= 15 is 0 Å². The highest BCUT2D eigenvalue weighted by Gasteiger charge is 2.14. The van der Waals surface area contributed by atoms with Crippen LogP contribution in [0.1, 0.15) is 11.1 Å². The molecule has 1 N–H and O–H groups in total. The standard InChI is InChI=1S/C22H19NO/c1-16-12-13-20-19(22(16)24)14-21(18-10-6-3-7-11-18)23(20)15-17-8-4-2-5-9-17/h2-14,24H,15H2,1H3. The van der Waals surface area contributed by atoms with Crippen molar-refractivity contribution < 1.29 is 5.11 Å². The van der Waals surface area contributed by atoms with E-state index in [9.17, 15) is 5.11 Å². The molecule has 0 aliphatic rings. The Kier molecular flexibility index (Phi) is 3.58. The average molecular weight is 313 g/mol. The lowest BCUT2D eigenvalue weighted by Gasteiger charge is -2.12. The molecule has 24 heavy (non-hydrogen) atoms. The minimum atomic E-state index is 0.372. The Labute approximate surface area is 141 Å². The average Bonchev–Trinajstić information content (AvgIpc) is 2.99. The smallest absolute Gasteiger partial charge is 0.127 e. The van der Waals surface area contributed by atoms with Gasteiger partial charge in [-0.2, -0.15) is 0 Å². The van der Waals surface area contributed by atoms with E-state index in [-0.39, 0.29) is 0 Å². The Morgan fingerprint density at radius 3 is 2.21 bits per heavy atom. The maximum Gasteiger partial charge on any atom is 0.127 e. The summed E-state index contributed by atoms with van der Waals surface area (Å²) in [6, 6.07) is 26.9. The maximum atomic E-state index is 10.5. The summed E-state index contributed by atoms with van der Waals surface area (Å²) in [5.74, 6) is 0.372. The van der Waals surface area contributed by atoms with Crippen LogP contribution in [0.25, 0.3) is 22.2 Å². The molecule has 0 unspecified atom stereocenters. The van der Waals surface area contributed by atoms with E-state index in [4.69, 9.17) is 0 Å². The van der Waals surface area contributed by atoms with Crippen LogP contribution in [0.2, 0.25) is 0 Å². The second-order valence-corrected chi connectivity index (χ2v) is 6.13. The highest BCUT2D eigenvalue weighted by atomic mass is 16.3. The number of phenols is 1. The SMILES string of the molecule is Cc1ccc2c(cc(-c3ccccc3)n2Cc2ccccc2)c1O. The lowest BCUT2D eigenvalue weighted by Crippen LogP contribution is -2.01. The van der Waals surface area contributed by atoms with Crippen molar-refractivity contribution in [1.29, 1.82) is 0 Å². The molecule has 0 atom stereocenters. The van der Waals surface area contributed by atoms with Crippen LogP contribution in [-0.4, -0.2) is 9.67 Å². The van der Waals surface area contributed by atoms with Crippen molar-refractivity contribution in [2.45, 2.75) is 13.5 Å². The maximum absolute atomic E-state index is 10.5. The van der Waals surface area contributed by atoms with Crippen molar-refractivity contribution in [3.05, 3.63) is 90.0 Å². The number of hydrogen-bond donors (Lipinski definition) is 1. The largest absolute Gasteiger partial charge is 0.507 e. The Hall–Kier alpha value is -3.00. The molecule has 0 aliphatic carbocycles. The third-order valence-electron chi connectivity index (χ3n) is 4.51. The van der Waals surface area contributed by atoms with Gasteiger partial charge in [-0.1, -0.05) is 66.7 Å². The molecule has 3 aromatic carbocycles. The van der Waals surface area contributed by atoms with Crippen molar-refractivity contribution in [3.63, 3.8) is 0 Å². The lowest BCUT2D eigenvalue weighted by atomic mass is 10.1. The van der Waals surface area contributed by atoms with E-state index < -0.39 is 0 Å². The van der Waals surface area contributed by atoms with Gasteiger partial charge in [0.1, 0.15) is 5.75 Å². The quantitative estimate of drug-likeness (QED) is 0.540. The van der Waals surface area contributed by atoms with E-state index in [2.05, 4.69) is 53.1 Å². The van der Waals surface area contributed by atoms with Gasteiger partial charge < -0.3 is 9.67 Å². The molecule has 0 bridgehead atoms. The Morgan fingerprint density at radius 2 is 1.50 bits per heavy atom. The van der Waals surface area contributed by atoms with Gasteiger partial charge in [-0.3, -0.25) is 0 Å². The number of aromatic nitrogens is 1. The second kappa shape index (κ2) is 5.89. The molecular weight excluding hydrogens is 294 g/mol. The molecule has 4 aromatic rings. The summed E-state index contributed by atoms with van der Waals surface area (Å²) in [5.41, 5.74) is 5.48. The molecule has 2 heteroatoms. The molecule has 1 heterocycles. The number of aryl methyl sites for hydroxylation is 1. The molecule has 1 aromatic heterocycles. The first-order chi connectivity index (χ1) is 11.7. The summed E-state index contributed by atoms with van der Waals surface area (Å²) < 4.78 is 2.28. The third-order valence-corrected chi connectivity index (χ3v) is 4.51. The fourth-order valence-electron chi connectivity index (χ4n) is 3.21. The molecular formula is C22H19NO. The second-order valence-electron chi connectivity index (χ2n) is 6.13. The number of phenolic OH excluding ortho intramolecular Hbond substituents is 1. The normalized spacial score (nSPS) is 11.0. The van der Waals surface area contributed by atoms with Gasteiger partial charge in [0.05, 0.1) is 5.52 Å².